The van der Waals surface area contributed by atoms with E-state index in [9.17, 15) is 23.9 Å². The van der Waals surface area contributed by atoms with E-state index in [1.165, 1.54) is 18.9 Å². The van der Waals surface area contributed by atoms with E-state index < -0.39 is 31.3 Å². The first-order chi connectivity index (χ1) is 14.1. The molecular weight excluding hydrogens is 407 g/mol. The number of carboxylic acids is 1. The van der Waals surface area contributed by atoms with E-state index >= 15 is 0 Å². The van der Waals surface area contributed by atoms with Crippen molar-refractivity contribution in [1.29, 1.82) is 0 Å². The average molecular weight is 434 g/mol. The average Bonchev–Trinajstić information content (AvgIpc) is 2.71. The molecule has 0 aliphatic heterocycles. The second kappa shape index (κ2) is 10.5. The topological polar surface area (TPSA) is 127 Å². The van der Waals surface area contributed by atoms with E-state index in [-0.39, 0.29) is 19.4 Å². The van der Waals surface area contributed by atoms with Crippen LogP contribution in [0.4, 0.5) is 0 Å². The van der Waals surface area contributed by atoms with Gasteiger partial charge in [-0.2, -0.15) is 0 Å². The predicted octanol–water partition coefficient (Wildman–Crippen LogP) is 2.31. The molecule has 0 heterocycles. The van der Waals surface area contributed by atoms with Crippen LogP contribution in [0.2, 0.25) is 0 Å². The minimum Gasteiger partial charge on any atom is -0.481 e. The summed E-state index contributed by atoms with van der Waals surface area (Å²) in [5.74, 6) is -2.69. The molecule has 4 N–H and O–H groups in total. The molecule has 0 radical (unpaired) electrons. The number of likely N-dealkylation sites (N-methyl/N-ethyl adjacent to an activating group) is 1. The van der Waals surface area contributed by atoms with Crippen molar-refractivity contribution in [3.63, 3.8) is 0 Å². The number of amides is 1. The van der Waals surface area contributed by atoms with Gasteiger partial charge in [0.25, 0.3) is 0 Å². The maximum atomic E-state index is 12.7. The number of rotatable bonds is 10. The Bertz CT molecular complexity index is 897. The van der Waals surface area contributed by atoms with Gasteiger partial charge in [0.2, 0.25) is 5.91 Å². The Balaban J connectivity index is 2.20. The molecule has 0 spiro atoms. The molecule has 2 aromatic carbocycles. The Labute approximate surface area is 175 Å². The molecule has 2 rings (SSSR count). The molecule has 0 aliphatic rings. The third kappa shape index (κ3) is 6.78. The van der Waals surface area contributed by atoms with Crippen LogP contribution in [0.25, 0.3) is 11.1 Å². The van der Waals surface area contributed by atoms with Crippen LogP contribution < -0.4 is 5.32 Å². The van der Waals surface area contributed by atoms with Gasteiger partial charge in [0.05, 0.1) is 12.5 Å². The summed E-state index contributed by atoms with van der Waals surface area (Å²) in [7, 11) is -2.97. The fraction of sp³-hybridized carbons (Fsp3) is 0.333. The largest absolute Gasteiger partial charge is 0.481 e. The number of carbonyl (C=O) groups excluding carboxylic acids is 1. The molecule has 0 saturated carbocycles. The summed E-state index contributed by atoms with van der Waals surface area (Å²) in [6.07, 6.45) is -0.0171. The number of benzene rings is 2. The number of aliphatic carboxylic acids is 1. The minimum absolute atomic E-state index is 0.0598. The van der Waals surface area contributed by atoms with E-state index in [0.29, 0.717) is 0 Å². The molecule has 0 fully saturated rings. The molecule has 9 heteroatoms. The minimum atomic E-state index is -4.45. The zero-order valence-corrected chi connectivity index (χ0v) is 17.8. The van der Waals surface area contributed by atoms with Crippen LogP contribution >= 0.6 is 7.60 Å². The zero-order valence-electron chi connectivity index (χ0n) is 16.9. The van der Waals surface area contributed by atoms with Crippen LogP contribution in [-0.4, -0.2) is 57.1 Å². The van der Waals surface area contributed by atoms with Crippen molar-refractivity contribution in [2.45, 2.75) is 31.6 Å². The monoisotopic (exact) mass is 434 g/mol. The fourth-order valence-electron chi connectivity index (χ4n) is 3.02. The fourth-order valence-corrected chi connectivity index (χ4v) is 3.65. The highest BCUT2D eigenvalue weighted by molar-refractivity contribution is 7.52. The highest BCUT2D eigenvalue weighted by atomic mass is 31.2. The normalized spacial score (nSPS) is 13.6. The van der Waals surface area contributed by atoms with Crippen molar-refractivity contribution in [3.8, 4) is 11.1 Å². The molecule has 0 aliphatic carbocycles. The van der Waals surface area contributed by atoms with Crippen LogP contribution in [-0.2, 0) is 20.6 Å². The van der Waals surface area contributed by atoms with Crippen molar-refractivity contribution in [1.82, 2.24) is 10.2 Å². The van der Waals surface area contributed by atoms with Gasteiger partial charge in [-0.25, -0.2) is 0 Å². The second-order valence-electron chi connectivity index (χ2n) is 7.10. The first kappa shape index (κ1) is 23.8. The summed E-state index contributed by atoms with van der Waals surface area (Å²) in [5, 5.41) is 11.3. The summed E-state index contributed by atoms with van der Waals surface area (Å²) in [4.78, 5) is 43.8. The van der Waals surface area contributed by atoms with Gasteiger partial charge in [-0.3, -0.25) is 19.1 Å². The third-order valence-corrected chi connectivity index (χ3v) is 6.34. The van der Waals surface area contributed by atoms with Gasteiger partial charge in [0, 0.05) is 6.54 Å². The lowest BCUT2D eigenvalue weighted by atomic mass is 9.99. The summed E-state index contributed by atoms with van der Waals surface area (Å²) in [6.45, 7) is 1.30. The van der Waals surface area contributed by atoms with E-state index in [1.807, 2.05) is 54.6 Å². The van der Waals surface area contributed by atoms with Gasteiger partial charge in [-0.15, -0.1) is 0 Å². The molecule has 8 nitrogen and oxygen atoms in total. The maximum Gasteiger partial charge on any atom is 0.342 e. The van der Waals surface area contributed by atoms with Crippen LogP contribution in [0.15, 0.2) is 54.6 Å². The molecule has 0 bridgehead atoms. The van der Waals surface area contributed by atoms with Crippen molar-refractivity contribution in [3.05, 3.63) is 60.2 Å². The Morgan fingerprint density at radius 1 is 1.03 bits per heavy atom. The lowest BCUT2D eigenvalue weighted by molar-refractivity contribution is -0.137. The second-order valence-corrected chi connectivity index (χ2v) is 9.03. The molecular formula is C21H27N2O6P. The molecule has 30 heavy (non-hydrogen) atoms. The predicted molar refractivity (Wildman–Crippen MR) is 114 cm³/mol. The highest BCUT2D eigenvalue weighted by Gasteiger charge is 2.35. The summed E-state index contributed by atoms with van der Waals surface area (Å²) in [6, 6.07) is 16.5. The van der Waals surface area contributed by atoms with Crippen molar-refractivity contribution >= 4 is 19.5 Å². The molecule has 2 aromatic rings. The molecule has 2 atom stereocenters. The Hall–Kier alpha value is -2.51. The van der Waals surface area contributed by atoms with Crippen LogP contribution in [0.3, 0.4) is 0 Å². The number of carbonyl (C=O) groups is 2. The molecule has 1 amide bonds. The number of hydrogen-bond acceptors (Lipinski definition) is 4. The zero-order chi connectivity index (χ0) is 22.3. The van der Waals surface area contributed by atoms with Gasteiger partial charge in [0.1, 0.15) is 5.78 Å². The smallest absolute Gasteiger partial charge is 0.342 e. The Morgan fingerprint density at radius 3 is 2.13 bits per heavy atom. The first-order valence-corrected chi connectivity index (χ1v) is 11.2. The van der Waals surface area contributed by atoms with Crippen molar-refractivity contribution < 1.29 is 29.0 Å². The number of hydrogen-bond donors (Lipinski definition) is 4. The lowest BCUT2D eigenvalue weighted by Crippen LogP contribution is -2.50. The Kier molecular flexibility index (Phi) is 8.32. The van der Waals surface area contributed by atoms with Gasteiger partial charge in [0.15, 0.2) is 0 Å². The van der Waals surface area contributed by atoms with Gasteiger partial charge < -0.3 is 20.2 Å². The highest BCUT2D eigenvalue weighted by Crippen LogP contribution is 2.43. The van der Waals surface area contributed by atoms with Crippen molar-refractivity contribution in [2.75, 3.05) is 13.6 Å². The summed E-state index contributed by atoms with van der Waals surface area (Å²) < 4.78 is 11.7. The van der Waals surface area contributed by atoms with Gasteiger partial charge in [-0.05, 0) is 37.1 Å². The van der Waals surface area contributed by atoms with Crippen molar-refractivity contribution in [2.24, 2.45) is 0 Å². The van der Waals surface area contributed by atoms with E-state index in [4.69, 9.17) is 5.11 Å². The number of nitrogens with one attached hydrogen (secondary N) is 1. The number of carboxylic acid groups (broad SMARTS) is 1. The van der Waals surface area contributed by atoms with Gasteiger partial charge in [-0.1, -0.05) is 54.6 Å². The first-order valence-electron chi connectivity index (χ1n) is 9.50. The van der Waals surface area contributed by atoms with Crippen LogP contribution in [0.5, 0.6) is 0 Å². The standard InChI is InChI=1S/C21H27N2O6P/c1-15(30(27,28)29)23(2)19(21(26)22-13-12-20(24)25)14-16-8-10-18(11-9-16)17-6-4-3-5-7-17/h3-11,15,19H,12-14H2,1-2H3,(H,22,26)(H,24,25)(H2,27,28,29)/t15?,19-/m0/s1. The van der Waals surface area contributed by atoms with Crippen LogP contribution in [0.1, 0.15) is 18.9 Å². The lowest BCUT2D eigenvalue weighted by Gasteiger charge is -2.32. The third-order valence-electron chi connectivity index (χ3n) is 5.00. The van der Waals surface area contributed by atoms with E-state index in [1.54, 1.807) is 0 Å². The summed E-state index contributed by atoms with van der Waals surface area (Å²) in [5.41, 5.74) is 2.89. The summed E-state index contributed by atoms with van der Waals surface area (Å²) >= 11 is 0. The number of nitrogens with zero attached hydrogens (tertiary/aromatic N) is 1. The molecule has 162 valence electrons. The van der Waals surface area contributed by atoms with Crippen LogP contribution in [0, 0.1) is 0 Å². The molecule has 1 unspecified atom stereocenters. The Morgan fingerprint density at radius 2 is 1.60 bits per heavy atom. The van der Waals surface area contributed by atoms with E-state index in [0.717, 1.165) is 16.7 Å². The van der Waals surface area contributed by atoms with Gasteiger partial charge >= 0.3 is 13.6 Å². The molecule has 0 saturated heterocycles. The quantitative estimate of drug-likeness (QED) is 0.423. The van der Waals surface area contributed by atoms with E-state index in [2.05, 4.69) is 5.32 Å². The molecule has 0 aromatic heterocycles. The maximum absolute atomic E-state index is 12.7. The SMILES string of the molecule is CC(N(C)[C@@H](Cc1ccc(-c2ccccc2)cc1)C(=O)NCCC(=O)O)P(=O)(O)O.